The summed E-state index contributed by atoms with van der Waals surface area (Å²) in [6.45, 7) is 5.79. The van der Waals surface area contributed by atoms with E-state index in [1.54, 1.807) is 14.2 Å². The monoisotopic (exact) mass is 539 g/mol. The summed E-state index contributed by atoms with van der Waals surface area (Å²) in [5, 5.41) is 6.87. The van der Waals surface area contributed by atoms with Crippen LogP contribution < -0.4 is 20.1 Å². The van der Waals surface area contributed by atoms with Crippen molar-refractivity contribution in [3.8, 4) is 11.5 Å². The van der Waals surface area contributed by atoms with E-state index in [9.17, 15) is 0 Å². The molecule has 0 saturated carbocycles. The van der Waals surface area contributed by atoms with E-state index in [1.165, 1.54) is 11.1 Å². The van der Waals surface area contributed by atoms with E-state index < -0.39 is 0 Å². The zero-order valence-electron chi connectivity index (χ0n) is 18.6. The van der Waals surface area contributed by atoms with Gasteiger partial charge in [0.1, 0.15) is 18.1 Å². The van der Waals surface area contributed by atoms with Crippen molar-refractivity contribution in [1.29, 1.82) is 0 Å². The van der Waals surface area contributed by atoms with Crippen LogP contribution in [0.3, 0.4) is 0 Å². The molecular formula is C24H34IN3O3. The van der Waals surface area contributed by atoms with Gasteiger partial charge in [-0.2, -0.15) is 0 Å². The predicted octanol–water partition coefficient (Wildman–Crippen LogP) is 3.91. The molecule has 2 aromatic rings. The summed E-state index contributed by atoms with van der Waals surface area (Å²) in [6.07, 6.45) is 2.00. The Labute approximate surface area is 202 Å². The Morgan fingerprint density at radius 2 is 1.71 bits per heavy atom. The molecule has 1 fully saturated rings. The lowest BCUT2D eigenvalue weighted by Crippen LogP contribution is -2.48. The first-order valence-electron chi connectivity index (χ1n) is 10.5. The first-order chi connectivity index (χ1) is 14.7. The Morgan fingerprint density at radius 1 is 1.03 bits per heavy atom. The Bertz CT molecular complexity index is 821. The van der Waals surface area contributed by atoms with E-state index >= 15 is 0 Å². The van der Waals surface area contributed by atoms with Crippen LogP contribution in [0.5, 0.6) is 11.5 Å². The molecule has 1 aliphatic heterocycles. The van der Waals surface area contributed by atoms with Crippen LogP contribution in [0.4, 0.5) is 0 Å². The number of halogens is 1. The van der Waals surface area contributed by atoms with Crippen LogP contribution in [0, 0.1) is 6.92 Å². The number of aryl methyl sites for hydroxylation is 1. The van der Waals surface area contributed by atoms with Crippen LogP contribution in [-0.4, -0.2) is 53.0 Å². The van der Waals surface area contributed by atoms with Gasteiger partial charge in [-0.1, -0.05) is 24.3 Å². The number of nitrogens with one attached hydrogen (secondary N) is 2. The number of rotatable bonds is 8. The van der Waals surface area contributed by atoms with Gasteiger partial charge in [-0.25, -0.2) is 0 Å². The molecule has 0 aromatic heterocycles. The third-order valence-electron chi connectivity index (χ3n) is 5.71. The summed E-state index contributed by atoms with van der Waals surface area (Å²) in [7, 11) is 3.45. The van der Waals surface area contributed by atoms with E-state index in [4.69, 9.17) is 14.2 Å². The first kappa shape index (κ1) is 25.3. The van der Waals surface area contributed by atoms with E-state index in [1.807, 2.05) is 24.3 Å². The quantitative estimate of drug-likeness (QED) is 0.231. The highest BCUT2D eigenvalue weighted by atomic mass is 127. The molecule has 0 bridgehead atoms. The van der Waals surface area contributed by atoms with Gasteiger partial charge in [0.25, 0.3) is 0 Å². The average molecular weight is 539 g/mol. The molecule has 170 valence electrons. The summed E-state index contributed by atoms with van der Waals surface area (Å²) in [6, 6.07) is 16.3. The van der Waals surface area contributed by atoms with E-state index in [0.29, 0.717) is 13.2 Å². The van der Waals surface area contributed by atoms with Crippen LogP contribution in [0.2, 0.25) is 0 Å². The number of nitrogens with zero attached hydrogens (tertiary/aromatic N) is 1. The van der Waals surface area contributed by atoms with Gasteiger partial charge in [-0.05, 0) is 55.2 Å². The van der Waals surface area contributed by atoms with Gasteiger partial charge in [-0.3, -0.25) is 4.99 Å². The van der Waals surface area contributed by atoms with Gasteiger partial charge in [0.15, 0.2) is 5.96 Å². The number of hydrogen-bond acceptors (Lipinski definition) is 4. The Morgan fingerprint density at radius 3 is 2.35 bits per heavy atom. The van der Waals surface area contributed by atoms with Crippen molar-refractivity contribution in [3.05, 3.63) is 59.7 Å². The summed E-state index contributed by atoms with van der Waals surface area (Å²) in [5.41, 5.74) is 2.79. The van der Waals surface area contributed by atoms with Gasteiger partial charge < -0.3 is 24.8 Å². The van der Waals surface area contributed by atoms with E-state index in [0.717, 1.165) is 50.1 Å². The number of guanidine groups is 1. The van der Waals surface area contributed by atoms with Crippen molar-refractivity contribution in [2.45, 2.75) is 25.2 Å². The van der Waals surface area contributed by atoms with E-state index in [2.05, 4.69) is 46.8 Å². The fraction of sp³-hybridized carbons (Fsp3) is 0.458. The molecule has 0 amide bonds. The lowest BCUT2D eigenvalue weighted by molar-refractivity contribution is 0.0512. The minimum Gasteiger partial charge on any atom is -0.497 e. The zero-order valence-corrected chi connectivity index (χ0v) is 21.0. The Balaban J connectivity index is 0.00000341. The molecule has 31 heavy (non-hydrogen) atoms. The minimum absolute atomic E-state index is 0. The van der Waals surface area contributed by atoms with Gasteiger partial charge in [0.05, 0.1) is 13.7 Å². The highest BCUT2D eigenvalue weighted by Gasteiger charge is 2.35. The number of methoxy groups -OCH3 is 1. The van der Waals surface area contributed by atoms with Crippen LogP contribution in [0.1, 0.15) is 24.0 Å². The molecule has 0 aliphatic carbocycles. The van der Waals surface area contributed by atoms with Gasteiger partial charge in [-0.15, -0.1) is 24.0 Å². The van der Waals surface area contributed by atoms with Gasteiger partial charge in [0.2, 0.25) is 0 Å². The maximum Gasteiger partial charge on any atom is 0.191 e. The highest BCUT2D eigenvalue weighted by Crippen LogP contribution is 2.36. The highest BCUT2D eigenvalue weighted by molar-refractivity contribution is 14.0. The fourth-order valence-corrected chi connectivity index (χ4v) is 3.96. The van der Waals surface area contributed by atoms with Crippen molar-refractivity contribution in [1.82, 2.24) is 10.6 Å². The second-order valence-electron chi connectivity index (χ2n) is 7.58. The van der Waals surface area contributed by atoms with Crippen molar-refractivity contribution in [2.24, 2.45) is 4.99 Å². The molecule has 2 aromatic carbocycles. The predicted molar refractivity (Wildman–Crippen MR) is 136 cm³/mol. The lowest BCUT2D eigenvalue weighted by atomic mass is 9.72. The summed E-state index contributed by atoms with van der Waals surface area (Å²) in [4.78, 5) is 4.38. The normalized spacial score (nSPS) is 15.5. The third kappa shape index (κ3) is 7.00. The van der Waals surface area contributed by atoms with Crippen LogP contribution >= 0.6 is 24.0 Å². The van der Waals surface area contributed by atoms with Crippen molar-refractivity contribution < 1.29 is 14.2 Å². The van der Waals surface area contributed by atoms with Crippen molar-refractivity contribution >= 4 is 29.9 Å². The summed E-state index contributed by atoms with van der Waals surface area (Å²) >= 11 is 0. The Hall–Kier alpha value is -2.00. The molecule has 7 heteroatoms. The van der Waals surface area contributed by atoms with Gasteiger partial charge >= 0.3 is 0 Å². The van der Waals surface area contributed by atoms with Crippen molar-refractivity contribution in [3.63, 3.8) is 0 Å². The zero-order chi connectivity index (χ0) is 21.2. The second-order valence-corrected chi connectivity index (χ2v) is 7.58. The summed E-state index contributed by atoms with van der Waals surface area (Å²) < 4.78 is 16.6. The summed E-state index contributed by atoms with van der Waals surface area (Å²) in [5.74, 6) is 2.43. The standard InChI is InChI=1S/C24H33N3O3.HI/c1-19-6-4-5-7-22(19)24(12-15-29-16-13-24)18-27-23(25-2)26-14-17-30-21-10-8-20(28-3)9-11-21;/h4-11H,12-18H2,1-3H3,(H2,25,26,27);1H. The van der Waals surface area contributed by atoms with Crippen LogP contribution in [0.15, 0.2) is 53.5 Å². The molecule has 1 aliphatic rings. The molecule has 0 atom stereocenters. The largest absolute Gasteiger partial charge is 0.497 e. The molecule has 0 radical (unpaired) electrons. The minimum atomic E-state index is 0. The topological polar surface area (TPSA) is 64.1 Å². The molecule has 1 saturated heterocycles. The maximum absolute atomic E-state index is 5.78. The smallest absolute Gasteiger partial charge is 0.191 e. The molecule has 0 spiro atoms. The number of ether oxygens (including phenoxy) is 3. The molecule has 1 heterocycles. The van der Waals surface area contributed by atoms with E-state index in [-0.39, 0.29) is 29.4 Å². The Kier molecular flexibility index (Phi) is 10.4. The maximum atomic E-state index is 5.78. The molecule has 6 nitrogen and oxygen atoms in total. The fourth-order valence-electron chi connectivity index (χ4n) is 3.96. The van der Waals surface area contributed by atoms with Crippen molar-refractivity contribution in [2.75, 3.05) is 47.1 Å². The lowest BCUT2D eigenvalue weighted by Gasteiger charge is -2.39. The number of benzene rings is 2. The first-order valence-corrected chi connectivity index (χ1v) is 10.5. The third-order valence-corrected chi connectivity index (χ3v) is 5.71. The molecule has 2 N–H and O–H groups in total. The molecule has 3 rings (SSSR count). The van der Waals surface area contributed by atoms with Gasteiger partial charge in [0, 0.05) is 32.2 Å². The molecule has 0 unspecified atom stereocenters. The molecular weight excluding hydrogens is 505 g/mol. The second kappa shape index (κ2) is 12.8. The number of hydrogen-bond donors (Lipinski definition) is 2. The SMILES string of the molecule is CN=C(NCCOc1ccc(OC)cc1)NCC1(c2ccccc2C)CCOCC1.I. The average Bonchev–Trinajstić information content (AvgIpc) is 2.80. The van der Waals surface area contributed by atoms with Crippen LogP contribution in [-0.2, 0) is 10.2 Å². The number of aliphatic imine (C=N–C) groups is 1. The van der Waals surface area contributed by atoms with Crippen LogP contribution in [0.25, 0.3) is 0 Å².